The van der Waals surface area contributed by atoms with Gasteiger partial charge in [0.2, 0.25) is 0 Å². The van der Waals surface area contributed by atoms with E-state index in [4.69, 9.17) is 5.26 Å². The van der Waals surface area contributed by atoms with Crippen molar-refractivity contribution in [2.75, 3.05) is 0 Å². The van der Waals surface area contributed by atoms with Crippen LogP contribution in [-0.2, 0) is 0 Å². The fraction of sp³-hybridized carbons (Fsp3) is 0.857. The van der Waals surface area contributed by atoms with Gasteiger partial charge in [-0.1, -0.05) is 33.1 Å². The van der Waals surface area contributed by atoms with Crippen LogP contribution in [-0.4, -0.2) is 0 Å². The average molecular weight is 113 g/mol. The molecule has 0 aromatic rings. The van der Waals surface area contributed by atoms with Crippen LogP contribution in [0.4, 0.5) is 0 Å². The van der Waals surface area contributed by atoms with Gasteiger partial charge in [-0.05, 0) is 0 Å². The largest absolute Gasteiger partial charge is 0.199 e. The highest BCUT2D eigenvalue weighted by molar-refractivity contribution is 4.51. The van der Waals surface area contributed by atoms with Crippen molar-refractivity contribution in [3.05, 3.63) is 0 Å². The molecule has 0 aromatic carbocycles. The molecule has 8 heavy (non-hydrogen) atoms. The van der Waals surface area contributed by atoms with E-state index in [9.17, 15) is 0 Å². The van der Waals surface area contributed by atoms with Gasteiger partial charge in [0.25, 0.3) is 0 Å². The van der Waals surface area contributed by atoms with Gasteiger partial charge in [-0.2, -0.15) is 5.26 Å². The molecule has 0 aliphatic heterocycles. The van der Waals surface area contributed by atoms with Crippen LogP contribution in [0.15, 0.2) is 0 Å². The third-order valence-corrected chi connectivity index (χ3v) is 0.707. The molecule has 0 atom stereocenters. The lowest BCUT2D eigenvalue weighted by Crippen LogP contribution is -1.59. The highest BCUT2D eigenvalue weighted by Crippen LogP contribution is 1.88. The van der Waals surface area contributed by atoms with Crippen LogP contribution in [0.5, 0.6) is 0 Å². The zero-order valence-corrected chi connectivity index (χ0v) is 6.07. The molecule has 0 radical (unpaired) electrons. The number of nitriles is 1. The zero-order chi connectivity index (χ0) is 6.83. The normalized spacial score (nSPS) is 6.25. The number of rotatable bonds is 2. The van der Waals surface area contributed by atoms with Gasteiger partial charge < -0.3 is 0 Å². The minimum absolute atomic E-state index is 1.34. The Kier molecular flexibility index (Phi) is 21.0. The molecule has 0 rings (SSSR count). The first-order chi connectivity index (χ1) is 3.83. The van der Waals surface area contributed by atoms with Crippen molar-refractivity contribution in [1.29, 1.82) is 5.26 Å². The smallest absolute Gasteiger partial charge is 0.0587 e. The predicted molar refractivity (Wildman–Crippen MR) is 36.5 cm³/mol. The molecule has 0 bridgehead atoms. The Bertz CT molecular complexity index is 49.9. The van der Waals surface area contributed by atoms with Gasteiger partial charge in [0.05, 0.1) is 6.07 Å². The second kappa shape index (κ2) is 16.1. The molecule has 0 aliphatic carbocycles. The van der Waals surface area contributed by atoms with Crippen molar-refractivity contribution in [2.24, 2.45) is 0 Å². The summed E-state index contributed by atoms with van der Waals surface area (Å²) in [7, 11) is 0. The van der Waals surface area contributed by atoms with Crippen molar-refractivity contribution in [2.45, 2.75) is 40.0 Å². The maximum Gasteiger partial charge on any atom is 0.0587 e. The third kappa shape index (κ3) is 49.9. The van der Waals surface area contributed by atoms with E-state index in [1.807, 2.05) is 0 Å². The monoisotopic (exact) mass is 113 g/mol. The van der Waals surface area contributed by atoms with Crippen LogP contribution in [0.1, 0.15) is 40.0 Å². The number of hydrogen-bond donors (Lipinski definition) is 0. The van der Waals surface area contributed by atoms with Crippen LogP contribution in [0, 0.1) is 11.3 Å². The summed E-state index contributed by atoms with van der Waals surface area (Å²) < 4.78 is 0. The molecular weight excluding hydrogens is 98.1 g/mol. The summed E-state index contributed by atoms with van der Waals surface area (Å²) in [6.45, 7) is 5.85. The standard InChI is InChI=1S/C5H12.C2H3N/c1-3-5-4-2;1-2-3/h3-5H2,1-2H3;1H3. The van der Waals surface area contributed by atoms with E-state index in [1.165, 1.54) is 26.2 Å². The number of hydrogen-bond acceptors (Lipinski definition) is 1. The van der Waals surface area contributed by atoms with E-state index in [-0.39, 0.29) is 0 Å². The quantitative estimate of drug-likeness (QED) is 0.540. The molecule has 1 heteroatoms. The van der Waals surface area contributed by atoms with Crippen molar-refractivity contribution in [3.63, 3.8) is 0 Å². The average Bonchev–Trinajstić information content (AvgIpc) is 1.71. The van der Waals surface area contributed by atoms with Gasteiger partial charge in [0.15, 0.2) is 0 Å². The summed E-state index contributed by atoms with van der Waals surface area (Å²) in [5.41, 5.74) is 0. The molecule has 0 saturated carbocycles. The molecule has 0 unspecified atom stereocenters. The van der Waals surface area contributed by atoms with Crippen LogP contribution in [0.3, 0.4) is 0 Å². The van der Waals surface area contributed by atoms with Crippen molar-refractivity contribution in [3.8, 4) is 6.07 Å². The molecule has 0 N–H and O–H groups in total. The number of unbranched alkanes of at least 4 members (excludes halogenated alkanes) is 2. The Balaban J connectivity index is 0. The van der Waals surface area contributed by atoms with Crippen molar-refractivity contribution >= 4 is 0 Å². The second-order valence-corrected chi connectivity index (χ2v) is 1.58. The lowest BCUT2D eigenvalue weighted by Gasteiger charge is -1.79. The summed E-state index contributed by atoms with van der Waals surface area (Å²) in [5.74, 6) is 0. The van der Waals surface area contributed by atoms with E-state index >= 15 is 0 Å². The first-order valence-corrected chi connectivity index (χ1v) is 3.14. The Morgan fingerprint density at radius 1 is 1.25 bits per heavy atom. The van der Waals surface area contributed by atoms with Gasteiger partial charge in [-0.3, -0.25) is 0 Å². The first kappa shape index (κ1) is 10.5. The minimum Gasteiger partial charge on any atom is -0.199 e. The zero-order valence-electron chi connectivity index (χ0n) is 6.07. The Morgan fingerprint density at radius 2 is 1.50 bits per heavy atom. The fourth-order valence-electron chi connectivity index (χ4n) is 0.354. The van der Waals surface area contributed by atoms with Crippen LogP contribution < -0.4 is 0 Å². The van der Waals surface area contributed by atoms with Gasteiger partial charge >= 0.3 is 0 Å². The molecule has 0 aliphatic rings. The Hall–Kier alpha value is -0.510. The summed E-state index contributed by atoms with van der Waals surface area (Å²) in [5, 5.41) is 7.32. The van der Waals surface area contributed by atoms with Gasteiger partial charge in [-0.15, -0.1) is 0 Å². The molecule has 0 spiro atoms. The second-order valence-electron chi connectivity index (χ2n) is 1.58. The Morgan fingerprint density at radius 3 is 1.50 bits per heavy atom. The highest BCUT2D eigenvalue weighted by Gasteiger charge is 1.68. The lowest BCUT2D eigenvalue weighted by molar-refractivity contribution is 0.772. The van der Waals surface area contributed by atoms with Crippen molar-refractivity contribution < 1.29 is 0 Å². The molecule has 0 fully saturated rings. The molecule has 0 heterocycles. The molecule has 48 valence electrons. The van der Waals surface area contributed by atoms with Crippen molar-refractivity contribution in [1.82, 2.24) is 0 Å². The summed E-state index contributed by atoms with van der Waals surface area (Å²) in [6, 6.07) is 1.75. The predicted octanol–water partition coefficient (Wildman–Crippen LogP) is 2.73. The van der Waals surface area contributed by atoms with E-state index in [0.717, 1.165) is 0 Å². The van der Waals surface area contributed by atoms with Gasteiger partial charge in [-0.25, -0.2) is 0 Å². The molecule has 0 aromatic heterocycles. The molecular formula is C7H15N. The van der Waals surface area contributed by atoms with E-state index in [1.54, 1.807) is 6.07 Å². The minimum atomic E-state index is 1.34. The maximum atomic E-state index is 7.32. The third-order valence-electron chi connectivity index (χ3n) is 0.707. The SMILES string of the molecule is CC#N.CCCCC. The van der Waals surface area contributed by atoms with E-state index < -0.39 is 0 Å². The van der Waals surface area contributed by atoms with Gasteiger partial charge in [0.1, 0.15) is 0 Å². The summed E-state index contributed by atoms with van der Waals surface area (Å²) in [6.07, 6.45) is 4.08. The van der Waals surface area contributed by atoms with Crippen LogP contribution in [0.2, 0.25) is 0 Å². The Labute approximate surface area is 52.3 Å². The highest BCUT2D eigenvalue weighted by atomic mass is 14.2. The van der Waals surface area contributed by atoms with E-state index in [0.29, 0.717) is 0 Å². The van der Waals surface area contributed by atoms with E-state index in [2.05, 4.69) is 13.8 Å². The molecule has 1 nitrogen and oxygen atoms in total. The summed E-state index contributed by atoms with van der Waals surface area (Å²) in [4.78, 5) is 0. The van der Waals surface area contributed by atoms with Crippen LogP contribution in [0.25, 0.3) is 0 Å². The van der Waals surface area contributed by atoms with Gasteiger partial charge in [0, 0.05) is 6.92 Å². The fourth-order valence-corrected chi connectivity index (χ4v) is 0.354. The first-order valence-electron chi connectivity index (χ1n) is 3.14. The lowest BCUT2D eigenvalue weighted by atomic mass is 10.3. The van der Waals surface area contributed by atoms with Crippen LogP contribution >= 0.6 is 0 Å². The number of nitrogens with zero attached hydrogens (tertiary/aromatic N) is 1. The summed E-state index contributed by atoms with van der Waals surface area (Å²) >= 11 is 0. The molecule has 0 amide bonds. The topological polar surface area (TPSA) is 23.8 Å². The maximum absolute atomic E-state index is 7.32. The molecule has 0 saturated heterocycles.